The van der Waals surface area contributed by atoms with Gasteiger partial charge in [0.05, 0.1) is 24.5 Å². The normalized spacial score (nSPS) is 39.7. The molecule has 1 spiro atoms. The molecule has 2 bridgehead atoms. The molecular weight excluding hydrogens is 704 g/mol. The van der Waals surface area contributed by atoms with E-state index in [1.807, 2.05) is 19.9 Å². The molecule has 1 N–H and O–H groups in total. The molecule has 0 unspecified atom stereocenters. The second kappa shape index (κ2) is 16.1. The lowest BCUT2D eigenvalue weighted by atomic mass is 9.70. The number of esters is 3. The van der Waals surface area contributed by atoms with Crippen LogP contribution in [0.15, 0.2) is 47.1 Å². The first-order valence-electron chi connectivity index (χ1n) is 20.0. The summed E-state index contributed by atoms with van der Waals surface area (Å²) in [5.41, 5.74) is 1.49. The Morgan fingerprint density at radius 1 is 1.09 bits per heavy atom. The van der Waals surface area contributed by atoms with Crippen LogP contribution in [0.5, 0.6) is 0 Å². The van der Waals surface area contributed by atoms with Crippen molar-refractivity contribution in [3.05, 3.63) is 64.1 Å². The smallest absolute Gasteiger partial charge is 0.342 e. The fraction of sp³-hybridized carbons (Fsp3) is 0.674. The number of ether oxygens (including phenoxy) is 6. The molecule has 0 saturated carbocycles. The van der Waals surface area contributed by atoms with Gasteiger partial charge in [-0.2, -0.15) is 5.10 Å². The van der Waals surface area contributed by atoms with E-state index in [-0.39, 0.29) is 24.7 Å². The summed E-state index contributed by atoms with van der Waals surface area (Å²) >= 11 is 0. The molecule has 55 heavy (non-hydrogen) atoms. The van der Waals surface area contributed by atoms with Gasteiger partial charge in [-0.15, -0.1) is 0 Å². The molecule has 3 fully saturated rings. The van der Waals surface area contributed by atoms with Crippen LogP contribution in [0, 0.1) is 37.5 Å². The Kier molecular flexibility index (Phi) is 12.0. The molecule has 302 valence electrons. The highest BCUT2D eigenvalue weighted by Crippen LogP contribution is 2.48. The summed E-state index contributed by atoms with van der Waals surface area (Å²) in [6.45, 7) is 17.2. The van der Waals surface area contributed by atoms with Gasteiger partial charge in [0.25, 0.3) is 0 Å². The molecule has 4 aliphatic heterocycles. The van der Waals surface area contributed by atoms with Crippen LogP contribution >= 0.6 is 0 Å². The average Bonchev–Trinajstić information content (AvgIpc) is 3.60. The maximum absolute atomic E-state index is 14.6. The van der Waals surface area contributed by atoms with Crippen molar-refractivity contribution in [3.63, 3.8) is 0 Å². The molecule has 0 amide bonds. The molecule has 0 radical (unpaired) electrons. The predicted molar refractivity (Wildman–Crippen MR) is 204 cm³/mol. The van der Waals surface area contributed by atoms with E-state index in [1.165, 1.54) is 6.92 Å². The van der Waals surface area contributed by atoms with Crippen molar-refractivity contribution in [1.82, 2.24) is 9.78 Å². The Hall–Kier alpha value is -3.58. The van der Waals surface area contributed by atoms with Crippen LogP contribution in [-0.4, -0.2) is 87.4 Å². The molecule has 5 aliphatic rings. The van der Waals surface area contributed by atoms with E-state index in [0.29, 0.717) is 65.6 Å². The Morgan fingerprint density at radius 3 is 2.51 bits per heavy atom. The SMILES string of the molecule is CC[C@H](C)[C@H]1O[C@]2(CC[C@@H]1C)C[C@@H]1C[C@@H](C/C=C(\C)[C@@H](OC(C)=O)[C@@H](C)/C=C/C=C3\CO[C@@H]4[C@H](OC(=O)c5c(C)nn(C)c5C)C(C)=C[C@@H](C(=O)O1)[C@]34O)O2. The van der Waals surface area contributed by atoms with Crippen LogP contribution in [0.1, 0.15) is 109 Å². The molecule has 1 aromatic rings. The third kappa shape index (κ3) is 8.02. The van der Waals surface area contributed by atoms with Gasteiger partial charge < -0.3 is 33.5 Å². The number of hydrogen-bond donors (Lipinski definition) is 1. The van der Waals surface area contributed by atoms with E-state index >= 15 is 0 Å². The lowest BCUT2D eigenvalue weighted by Crippen LogP contribution is -2.59. The quantitative estimate of drug-likeness (QED) is 0.204. The minimum absolute atomic E-state index is 0.0123. The molecule has 12 atom stereocenters. The molecule has 5 heterocycles. The van der Waals surface area contributed by atoms with Crippen molar-refractivity contribution in [1.29, 1.82) is 0 Å². The summed E-state index contributed by atoms with van der Waals surface area (Å²) in [5, 5.41) is 17.2. The van der Waals surface area contributed by atoms with E-state index in [9.17, 15) is 19.5 Å². The molecule has 1 aromatic heterocycles. The van der Waals surface area contributed by atoms with Gasteiger partial charge in [0.2, 0.25) is 0 Å². The van der Waals surface area contributed by atoms with E-state index in [2.05, 4.69) is 31.9 Å². The highest BCUT2D eigenvalue weighted by molar-refractivity contribution is 5.92. The van der Waals surface area contributed by atoms with Crippen LogP contribution < -0.4 is 0 Å². The fourth-order valence-electron chi connectivity index (χ4n) is 9.30. The van der Waals surface area contributed by atoms with Crippen LogP contribution in [-0.2, 0) is 45.1 Å². The molecule has 12 nitrogen and oxygen atoms in total. The fourth-order valence-corrected chi connectivity index (χ4v) is 9.30. The van der Waals surface area contributed by atoms with Gasteiger partial charge in [-0.3, -0.25) is 14.3 Å². The molecule has 6 rings (SSSR count). The lowest BCUT2D eigenvalue weighted by Gasteiger charge is -2.51. The summed E-state index contributed by atoms with van der Waals surface area (Å²) in [6, 6.07) is 0. The predicted octanol–water partition coefficient (Wildman–Crippen LogP) is 6.32. The second-order valence-corrected chi connectivity index (χ2v) is 16.7. The van der Waals surface area contributed by atoms with Gasteiger partial charge in [0, 0.05) is 44.8 Å². The summed E-state index contributed by atoms with van der Waals surface area (Å²) in [7, 11) is 1.76. The summed E-state index contributed by atoms with van der Waals surface area (Å²) in [4.78, 5) is 40.5. The van der Waals surface area contributed by atoms with E-state index < -0.39 is 59.6 Å². The third-order valence-corrected chi connectivity index (χ3v) is 12.7. The highest BCUT2D eigenvalue weighted by atomic mass is 16.7. The average molecular weight is 765 g/mol. The van der Waals surface area contributed by atoms with Gasteiger partial charge in [0.15, 0.2) is 11.9 Å². The molecule has 3 saturated heterocycles. The number of fused-ring (bicyclic) bond motifs is 2. The maximum Gasteiger partial charge on any atom is 0.342 e. The first-order chi connectivity index (χ1) is 26.0. The number of aromatic nitrogens is 2. The van der Waals surface area contributed by atoms with Gasteiger partial charge in [-0.1, -0.05) is 64.5 Å². The van der Waals surface area contributed by atoms with Crippen LogP contribution in [0.2, 0.25) is 0 Å². The second-order valence-electron chi connectivity index (χ2n) is 16.7. The molecular formula is C43H60N2O10. The zero-order chi connectivity index (χ0) is 40.0. The Morgan fingerprint density at radius 2 is 1.84 bits per heavy atom. The van der Waals surface area contributed by atoms with Crippen LogP contribution in [0.25, 0.3) is 0 Å². The minimum atomic E-state index is -1.91. The number of hydrogen-bond acceptors (Lipinski definition) is 11. The standard InChI is InChI=1S/C43H60N2O10/c1-11-23(2)37-26(5)17-18-42(55-37)21-33-20-32(54-42)16-15-25(4)36(51-30(9)46)24(3)13-12-14-31-22-50-39-38(27(6)19-34(40(47)52-33)43(31,39)49)53-41(48)35-28(7)44-45(10)29(35)8/h12-15,19,23-24,26,32-34,36-39,49H,11,16-18,20-22H2,1-10H3/b13-12+,25-15+,31-14+/t23-,24-,26-,32+,33-,34-,36-,37+,38+,39+,42+,43+/m0/s1. The molecule has 0 aromatic carbocycles. The van der Waals surface area contributed by atoms with Gasteiger partial charge in [-0.25, -0.2) is 4.79 Å². The molecule has 1 aliphatic carbocycles. The molecule has 12 heteroatoms. The van der Waals surface area contributed by atoms with Gasteiger partial charge >= 0.3 is 17.9 Å². The number of aryl methyl sites for hydroxylation is 2. The monoisotopic (exact) mass is 764 g/mol. The zero-order valence-corrected chi connectivity index (χ0v) is 34.1. The van der Waals surface area contributed by atoms with Gasteiger partial charge in [0.1, 0.15) is 35.4 Å². The number of allylic oxidation sites excluding steroid dienone is 2. The van der Waals surface area contributed by atoms with Crippen LogP contribution in [0.3, 0.4) is 0 Å². The number of nitrogens with zero attached hydrogens (tertiary/aromatic N) is 2. The first-order valence-corrected chi connectivity index (χ1v) is 20.0. The largest absolute Gasteiger partial charge is 0.462 e. The van der Waals surface area contributed by atoms with Crippen molar-refractivity contribution in [2.75, 3.05) is 6.61 Å². The Labute approximate surface area is 325 Å². The number of rotatable bonds is 5. The van der Waals surface area contributed by atoms with E-state index in [4.69, 9.17) is 28.4 Å². The van der Waals surface area contributed by atoms with Crippen molar-refractivity contribution >= 4 is 17.9 Å². The summed E-state index contributed by atoms with van der Waals surface area (Å²) in [5.74, 6) is -3.27. The van der Waals surface area contributed by atoms with Crippen molar-refractivity contribution in [3.8, 4) is 0 Å². The maximum atomic E-state index is 14.6. The Balaban J connectivity index is 1.40. The minimum Gasteiger partial charge on any atom is -0.462 e. The first kappa shape index (κ1) is 41.1. The topological polar surface area (TPSA) is 145 Å². The highest BCUT2D eigenvalue weighted by Gasteiger charge is 2.61. The Bertz CT molecular complexity index is 1770. The van der Waals surface area contributed by atoms with Crippen molar-refractivity contribution in [2.24, 2.45) is 30.7 Å². The van der Waals surface area contributed by atoms with E-state index in [1.54, 1.807) is 50.7 Å². The zero-order valence-electron chi connectivity index (χ0n) is 34.1. The lowest BCUT2D eigenvalue weighted by molar-refractivity contribution is -0.340. The summed E-state index contributed by atoms with van der Waals surface area (Å²) < 4.78 is 40.1. The van der Waals surface area contributed by atoms with E-state index in [0.717, 1.165) is 18.4 Å². The number of carbonyl (C=O) groups excluding carboxylic acids is 3. The van der Waals surface area contributed by atoms with Crippen molar-refractivity contribution in [2.45, 2.75) is 149 Å². The van der Waals surface area contributed by atoms with Crippen LogP contribution in [0.4, 0.5) is 0 Å². The van der Waals surface area contributed by atoms with Crippen molar-refractivity contribution < 1.29 is 47.9 Å². The third-order valence-electron chi connectivity index (χ3n) is 12.7. The number of carbonyl (C=O) groups is 3. The summed E-state index contributed by atoms with van der Waals surface area (Å²) in [6.07, 6.45) is 9.36. The van der Waals surface area contributed by atoms with Gasteiger partial charge in [-0.05, 0) is 69.1 Å². The number of aliphatic hydroxyl groups is 1.